The average molecular weight is 453 g/mol. The molecule has 0 rings (SSSR count). The van der Waals surface area contributed by atoms with E-state index in [9.17, 15) is 14.4 Å². The minimum atomic E-state index is -1.12. The molecule has 12 nitrogen and oxygen atoms in total. The van der Waals surface area contributed by atoms with Crippen LogP contribution < -0.4 is 5.32 Å². The molecule has 0 aliphatic rings. The van der Waals surface area contributed by atoms with Gasteiger partial charge in [0.25, 0.3) is 0 Å². The lowest BCUT2D eigenvalue weighted by Gasteiger charge is -2.08. The van der Waals surface area contributed by atoms with Gasteiger partial charge in [0.1, 0.15) is 13.2 Å². The number of aliphatic carboxylic acids is 1. The lowest BCUT2D eigenvalue weighted by Crippen LogP contribution is -2.31. The highest BCUT2D eigenvalue weighted by molar-refractivity contribution is 5.77. The molecule has 0 heterocycles. The van der Waals surface area contributed by atoms with Gasteiger partial charge >= 0.3 is 11.9 Å². The molecule has 0 spiro atoms. The molecule has 0 aromatic heterocycles. The molecule has 2 N–H and O–H groups in total. The van der Waals surface area contributed by atoms with Gasteiger partial charge in [-0.2, -0.15) is 0 Å². The highest BCUT2D eigenvalue weighted by atomic mass is 16.6. The molecule has 0 atom stereocenters. The maximum atomic E-state index is 11.3. The standard InChI is InChI=1S/C19H35NO11/c1-2-31-19(24)3-5-25-7-9-27-11-13-29-14-12-28-10-8-26-6-4-20-17(21)15-30-16-18(22)23/h2-16H2,1H3,(H,20,21)(H,22,23). The molecule has 0 aliphatic carbocycles. The summed E-state index contributed by atoms with van der Waals surface area (Å²) in [5.41, 5.74) is 0. The quantitative estimate of drug-likeness (QED) is 0.149. The van der Waals surface area contributed by atoms with Crippen molar-refractivity contribution in [1.82, 2.24) is 5.32 Å². The van der Waals surface area contributed by atoms with Gasteiger partial charge in [0.15, 0.2) is 0 Å². The van der Waals surface area contributed by atoms with Crippen LogP contribution in [0.15, 0.2) is 0 Å². The van der Waals surface area contributed by atoms with Crippen molar-refractivity contribution >= 4 is 17.8 Å². The van der Waals surface area contributed by atoms with E-state index in [-0.39, 0.29) is 19.0 Å². The first kappa shape index (κ1) is 29.2. The van der Waals surface area contributed by atoms with Crippen LogP contribution >= 0.6 is 0 Å². The van der Waals surface area contributed by atoms with Crippen molar-refractivity contribution in [3.63, 3.8) is 0 Å². The van der Waals surface area contributed by atoms with Crippen LogP contribution in [0.25, 0.3) is 0 Å². The molecule has 1 amide bonds. The summed E-state index contributed by atoms with van der Waals surface area (Å²) in [5.74, 6) is -1.79. The highest BCUT2D eigenvalue weighted by Crippen LogP contribution is 1.89. The van der Waals surface area contributed by atoms with Crippen molar-refractivity contribution in [2.45, 2.75) is 13.3 Å². The SMILES string of the molecule is CCOC(=O)CCOCCOCCOCCOCCOCCNC(=O)COCC(=O)O. The van der Waals surface area contributed by atoms with Crippen molar-refractivity contribution in [2.75, 3.05) is 92.4 Å². The van der Waals surface area contributed by atoms with Gasteiger partial charge in [-0.15, -0.1) is 0 Å². The Balaban J connectivity index is 3.14. The molecule has 12 heteroatoms. The normalized spacial score (nSPS) is 10.7. The lowest BCUT2D eigenvalue weighted by molar-refractivity contribution is -0.145. The van der Waals surface area contributed by atoms with Crippen LogP contribution in [0.4, 0.5) is 0 Å². The Bertz CT molecular complexity index is 462. The van der Waals surface area contributed by atoms with Crippen molar-refractivity contribution in [2.24, 2.45) is 0 Å². The van der Waals surface area contributed by atoms with Crippen LogP contribution in [0.3, 0.4) is 0 Å². The van der Waals surface area contributed by atoms with Gasteiger partial charge in [-0.25, -0.2) is 4.79 Å². The zero-order valence-corrected chi connectivity index (χ0v) is 18.1. The molecule has 0 aromatic rings. The summed E-state index contributed by atoms with van der Waals surface area (Å²) in [6.45, 7) is 5.62. The van der Waals surface area contributed by atoms with Crippen molar-refractivity contribution in [3.8, 4) is 0 Å². The fourth-order valence-electron chi connectivity index (χ4n) is 1.92. The maximum Gasteiger partial charge on any atom is 0.329 e. The second-order valence-electron chi connectivity index (χ2n) is 5.85. The molecule has 0 fully saturated rings. The molecule has 31 heavy (non-hydrogen) atoms. The number of amides is 1. The van der Waals surface area contributed by atoms with E-state index < -0.39 is 18.5 Å². The van der Waals surface area contributed by atoms with Crippen molar-refractivity contribution in [1.29, 1.82) is 0 Å². The van der Waals surface area contributed by atoms with Gasteiger partial charge in [-0.05, 0) is 6.92 Å². The zero-order valence-electron chi connectivity index (χ0n) is 18.1. The van der Waals surface area contributed by atoms with E-state index in [1.54, 1.807) is 6.92 Å². The molecule has 0 saturated carbocycles. The third-order valence-corrected chi connectivity index (χ3v) is 3.27. The van der Waals surface area contributed by atoms with Gasteiger partial charge in [0.05, 0.1) is 79.1 Å². The Morgan fingerprint density at radius 2 is 1.16 bits per heavy atom. The third kappa shape index (κ3) is 24.3. The van der Waals surface area contributed by atoms with Crippen LogP contribution in [-0.2, 0) is 47.5 Å². The summed E-state index contributed by atoms with van der Waals surface area (Å²) in [6.07, 6.45) is 0.240. The number of hydrogen-bond donors (Lipinski definition) is 2. The summed E-state index contributed by atoms with van der Waals surface area (Å²) >= 11 is 0. The van der Waals surface area contributed by atoms with E-state index in [0.717, 1.165) is 0 Å². The summed E-state index contributed by atoms with van der Waals surface area (Å²) < 4.78 is 36.0. The van der Waals surface area contributed by atoms with Crippen molar-refractivity contribution < 1.29 is 52.6 Å². The predicted molar refractivity (Wildman–Crippen MR) is 107 cm³/mol. The number of carbonyl (C=O) groups excluding carboxylic acids is 2. The number of carbonyl (C=O) groups is 3. The highest BCUT2D eigenvalue weighted by Gasteiger charge is 2.03. The van der Waals surface area contributed by atoms with Gasteiger partial charge in [-0.1, -0.05) is 0 Å². The monoisotopic (exact) mass is 453 g/mol. The number of carboxylic acids is 1. The molecule has 0 aliphatic heterocycles. The minimum absolute atomic E-state index is 0.240. The van der Waals surface area contributed by atoms with E-state index in [1.807, 2.05) is 0 Å². The van der Waals surface area contributed by atoms with E-state index >= 15 is 0 Å². The van der Waals surface area contributed by atoms with E-state index in [0.29, 0.717) is 79.2 Å². The summed E-state index contributed by atoms with van der Waals surface area (Å²) in [6, 6.07) is 0. The Morgan fingerprint density at radius 3 is 1.65 bits per heavy atom. The first-order chi connectivity index (χ1) is 15.1. The fourth-order valence-corrected chi connectivity index (χ4v) is 1.92. The fraction of sp³-hybridized carbons (Fsp3) is 0.842. The van der Waals surface area contributed by atoms with Crippen LogP contribution in [0.5, 0.6) is 0 Å². The molecule has 0 aromatic carbocycles. The van der Waals surface area contributed by atoms with Gasteiger partial charge in [-0.3, -0.25) is 9.59 Å². The largest absolute Gasteiger partial charge is 0.480 e. The second kappa shape index (κ2) is 22.8. The van der Waals surface area contributed by atoms with Crippen molar-refractivity contribution in [3.05, 3.63) is 0 Å². The Morgan fingerprint density at radius 1 is 0.677 bits per heavy atom. The first-order valence-electron chi connectivity index (χ1n) is 10.2. The molecule has 0 radical (unpaired) electrons. The van der Waals surface area contributed by atoms with Crippen LogP contribution in [-0.4, -0.2) is 115 Å². The van der Waals surface area contributed by atoms with Gasteiger partial charge in [0.2, 0.25) is 5.91 Å². The van der Waals surface area contributed by atoms with Gasteiger partial charge in [0, 0.05) is 6.54 Å². The topological polar surface area (TPSA) is 148 Å². The van der Waals surface area contributed by atoms with Gasteiger partial charge < -0.3 is 43.6 Å². The number of carboxylic acid groups (broad SMARTS) is 1. The molecule has 0 unspecified atom stereocenters. The van der Waals surface area contributed by atoms with E-state index in [4.69, 9.17) is 33.5 Å². The molecule has 182 valence electrons. The first-order valence-corrected chi connectivity index (χ1v) is 10.2. The number of hydrogen-bond acceptors (Lipinski definition) is 10. The number of rotatable bonds is 23. The van der Waals surface area contributed by atoms with E-state index in [2.05, 4.69) is 10.1 Å². The summed E-state index contributed by atoms with van der Waals surface area (Å²) in [5, 5.41) is 10.9. The Labute approximate surface area is 182 Å². The smallest absolute Gasteiger partial charge is 0.329 e. The lowest BCUT2D eigenvalue weighted by atomic mass is 10.5. The number of nitrogens with one attached hydrogen (secondary N) is 1. The molecule has 0 bridgehead atoms. The molecule has 0 saturated heterocycles. The summed E-state index contributed by atoms with van der Waals surface area (Å²) in [4.78, 5) is 32.6. The van der Waals surface area contributed by atoms with E-state index in [1.165, 1.54) is 0 Å². The van der Waals surface area contributed by atoms with Crippen LogP contribution in [0.2, 0.25) is 0 Å². The minimum Gasteiger partial charge on any atom is -0.480 e. The average Bonchev–Trinajstić information content (AvgIpc) is 2.72. The molecular weight excluding hydrogens is 418 g/mol. The Kier molecular flexibility index (Phi) is 21.5. The molecular formula is C19H35NO11. The summed E-state index contributed by atoms with van der Waals surface area (Å²) in [7, 11) is 0. The number of ether oxygens (including phenoxy) is 7. The van der Waals surface area contributed by atoms with Crippen LogP contribution in [0, 0.1) is 0 Å². The zero-order chi connectivity index (χ0) is 23.0. The van der Waals surface area contributed by atoms with Crippen LogP contribution in [0.1, 0.15) is 13.3 Å². The predicted octanol–water partition coefficient (Wildman–Crippen LogP) is -0.760. The third-order valence-electron chi connectivity index (χ3n) is 3.27. The maximum absolute atomic E-state index is 11.3. The number of esters is 1. The Hall–Kier alpha value is -1.83. The second-order valence-corrected chi connectivity index (χ2v) is 5.85.